The van der Waals surface area contributed by atoms with Crippen LogP contribution in [0.25, 0.3) is 0 Å². The summed E-state index contributed by atoms with van der Waals surface area (Å²) in [6.45, 7) is 3.51. The van der Waals surface area contributed by atoms with Crippen molar-refractivity contribution in [3.8, 4) is 0 Å². The molecule has 31 heavy (non-hydrogen) atoms. The molecule has 4 rings (SSSR count). The Balaban J connectivity index is 1.45. The molecule has 1 saturated heterocycles. The van der Waals surface area contributed by atoms with Crippen LogP contribution in [0.5, 0.6) is 0 Å². The summed E-state index contributed by atoms with van der Waals surface area (Å²) in [5.74, 6) is 0.696. The number of ether oxygens (including phenoxy) is 1. The van der Waals surface area contributed by atoms with E-state index >= 15 is 0 Å². The number of urea groups is 1. The van der Waals surface area contributed by atoms with E-state index in [9.17, 15) is 9.59 Å². The third kappa shape index (κ3) is 4.90. The van der Waals surface area contributed by atoms with Crippen LogP contribution in [0.15, 0.2) is 42.7 Å². The van der Waals surface area contributed by atoms with Crippen LogP contribution in [0.3, 0.4) is 0 Å². The Morgan fingerprint density at radius 3 is 2.52 bits per heavy atom. The molecule has 1 N–H and O–H groups in total. The molecule has 8 nitrogen and oxygen atoms in total. The van der Waals surface area contributed by atoms with Crippen LogP contribution in [0, 0.1) is 18.8 Å². The number of hydrogen-bond donors (Lipinski definition) is 1. The van der Waals surface area contributed by atoms with Crippen LogP contribution < -0.4 is 5.32 Å². The summed E-state index contributed by atoms with van der Waals surface area (Å²) in [6, 6.07) is 9.53. The molecule has 1 saturated carbocycles. The van der Waals surface area contributed by atoms with Crippen molar-refractivity contribution in [2.24, 2.45) is 11.8 Å². The van der Waals surface area contributed by atoms with Crippen LogP contribution in [0.2, 0.25) is 0 Å². The minimum Gasteiger partial charge on any atom is -0.366 e. The van der Waals surface area contributed by atoms with Crippen LogP contribution in [-0.4, -0.2) is 71.4 Å². The molecular formula is C23H31N5O3. The summed E-state index contributed by atoms with van der Waals surface area (Å²) in [7, 11) is 3.47. The van der Waals surface area contributed by atoms with Gasteiger partial charge in [-0.1, -0.05) is 18.2 Å². The molecule has 0 radical (unpaired) electrons. The molecule has 1 aliphatic carbocycles. The molecule has 8 heteroatoms. The lowest BCUT2D eigenvalue weighted by Gasteiger charge is -2.37. The first-order valence-electron chi connectivity index (χ1n) is 10.8. The zero-order valence-corrected chi connectivity index (χ0v) is 18.4. The largest absolute Gasteiger partial charge is 0.366 e. The normalized spacial score (nSPS) is 25.2. The molecule has 2 heterocycles. The van der Waals surface area contributed by atoms with E-state index in [1.807, 2.05) is 59.2 Å². The quantitative estimate of drug-likeness (QED) is 0.799. The number of nitrogens with zero attached hydrogens (tertiary/aromatic N) is 4. The van der Waals surface area contributed by atoms with Gasteiger partial charge < -0.3 is 19.9 Å². The van der Waals surface area contributed by atoms with E-state index in [0.717, 1.165) is 30.6 Å². The van der Waals surface area contributed by atoms with Gasteiger partial charge >= 0.3 is 6.03 Å². The molecule has 0 bridgehead atoms. The lowest BCUT2D eigenvalue weighted by atomic mass is 9.77. The first-order chi connectivity index (χ1) is 14.9. The van der Waals surface area contributed by atoms with Crippen molar-refractivity contribution >= 4 is 17.6 Å². The predicted octanol–water partition coefficient (Wildman–Crippen LogP) is 2.78. The molecule has 1 aromatic heterocycles. The molecule has 166 valence electrons. The highest BCUT2D eigenvalue weighted by atomic mass is 16.5. The van der Waals surface area contributed by atoms with Gasteiger partial charge in [0.05, 0.1) is 18.3 Å². The first-order valence-corrected chi connectivity index (χ1v) is 10.8. The number of hydrogen-bond acceptors (Lipinski definition) is 4. The van der Waals surface area contributed by atoms with Gasteiger partial charge in [-0.05, 0) is 49.3 Å². The Kier molecular flexibility index (Phi) is 6.27. The van der Waals surface area contributed by atoms with Crippen LogP contribution >= 0.6 is 0 Å². The van der Waals surface area contributed by atoms with Crippen LogP contribution in [0.1, 0.15) is 24.4 Å². The fourth-order valence-corrected chi connectivity index (χ4v) is 4.66. The van der Waals surface area contributed by atoms with Crippen molar-refractivity contribution < 1.29 is 14.3 Å². The zero-order valence-electron chi connectivity index (χ0n) is 18.4. The highest BCUT2D eigenvalue weighted by Gasteiger charge is 2.45. The summed E-state index contributed by atoms with van der Waals surface area (Å²) in [6.07, 6.45) is 5.46. The van der Waals surface area contributed by atoms with Crippen LogP contribution in [0.4, 0.5) is 10.5 Å². The Hall–Kier alpha value is -2.87. The summed E-state index contributed by atoms with van der Waals surface area (Å²) >= 11 is 0. The number of anilines is 1. The van der Waals surface area contributed by atoms with Gasteiger partial charge in [-0.2, -0.15) is 5.10 Å². The van der Waals surface area contributed by atoms with E-state index in [-0.39, 0.29) is 30.7 Å². The summed E-state index contributed by atoms with van der Waals surface area (Å²) in [4.78, 5) is 28.3. The van der Waals surface area contributed by atoms with Gasteiger partial charge in [-0.15, -0.1) is 0 Å². The minimum absolute atomic E-state index is 0.0483. The third-order valence-electron chi connectivity index (χ3n) is 6.39. The Bertz CT molecular complexity index is 913. The Labute approximate surface area is 183 Å². The predicted molar refractivity (Wildman–Crippen MR) is 118 cm³/mol. The number of amides is 3. The van der Waals surface area contributed by atoms with E-state index in [1.165, 1.54) is 0 Å². The van der Waals surface area contributed by atoms with E-state index < -0.39 is 0 Å². The molecule has 1 aromatic carbocycles. The number of para-hydroxylation sites is 1. The molecule has 0 spiro atoms. The van der Waals surface area contributed by atoms with Crippen molar-refractivity contribution in [1.29, 1.82) is 0 Å². The van der Waals surface area contributed by atoms with Crippen molar-refractivity contribution in [2.75, 3.05) is 39.1 Å². The van der Waals surface area contributed by atoms with E-state index in [0.29, 0.717) is 18.4 Å². The number of fused-ring (bicyclic) bond motifs is 1. The Morgan fingerprint density at radius 1 is 1.16 bits per heavy atom. The molecule has 2 fully saturated rings. The monoisotopic (exact) mass is 425 g/mol. The lowest BCUT2D eigenvalue weighted by Crippen LogP contribution is -2.40. The van der Waals surface area contributed by atoms with Gasteiger partial charge in [0.15, 0.2) is 0 Å². The number of rotatable bonds is 5. The standard InChI is InChI=1S/C23H31N5O3/c1-16-11-24-28(12-16)20-9-17-13-27(23(30)25-19-7-5-4-6-8-19)14-18(17)10-21(20)31-15-22(29)26(2)3/h4-8,11-12,17-18,20-21H,9-10,13-15H2,1-3H3,(H,25,30)/t17-,18+,20-,21-/m0/s1. The average Bonchev–Trinajstić information content (AvgIpc) is 3.37. The fraction of sp³-hybridized carbons (Fsp3) is 0.522. The maximum atomic E-state index is 12.8. The fourth-order valence-electron chi connectivity index (χ4n) is 4.66. The molecule has 3 amide bonds. The number of aromatic nitrogens is 2. The van der Waals surface area contributed by atoms with Crippen LogP contribution in [-0.2, 0) is 9.53 Å². The van der Waals surface area contributed by atoms with Crippen molar-refractivity contribution in [3.63, 3.8) is 0 Å². The molecular weight excluding hydrogens is 394 g/mol. The summed E-state index contributed by atoms with van der Waals surface area (Å²) in [5.41, 5.74) is 1.90. The second-order valence-electron chi connectivity index (χ2n) is 8.90. The van der Waals surface area contributed by atoms with Gasteiger partial charge in [0.1, 0.15) is 6.61 Å². The first kappa shape index (κ1) is 21.4. The summed E-state index contributed by atoms with van der Waals surface area (Å²) < 4.78 is 8.09. The second kappa shape index (κ2) is 9.09. The number of carbonyl (C=O) groups is 2. The molecule has 2 aromatic rings. The van der Waals surface area contributed by atoms with Gasteiger partial charge in [0.2, 0.25) is 5.91 Å². The van der Waals surface area contributed by atoms with Gasteiger partial charge in [0.25, 0.3) is 0 Å². The highest BCUT2D eigenvalue weighted by molar-refractivity contribution is 5.89. The topological polar surface area (TPSA) is 79.7 Å². The molecule has 4 atom stereocenters. The second-order valence-corrected chi connectivity index (χ2v) is 8.90. The third-order valence-corrected chi connectivity index (χ3v) is 6.39. The number of nitrogens with one attached hydrogen (secondary N) is 1. The maximum Gasteiger partial charge on any atom is 0.321 e. The highest BCUT2D eigenvalue weighted by Crippen LogP contribution is 2.42. The molecule has 0 unspecified atom stereocenters. The maximum absolute atomic E-state index is 12.8. The summed E-state index contributed by atoms with van der Waals surface area (Å²) in [5, 5.41) is 7.52. The van der Waals surface area contributed by atoms with E-state index in [4.69, 9.17) is 4.74 Å². The van der Waals surface area contributed by atoms with Crippen molar-refractivity contribution in [1.82, 2.24) is 19.6 Å². The van der Waals surface area contributed by atoms with E-state index in [1.54, 1.807) is 19.0 Å². The van der Waals surface area contributed by atoms with Gasteiger partial charge in [-0.3, -0.25) is 9.48 Å². The van der Waals surface area contributed by atoms with Crippen molar-refractivity contribution in [3.05, 3.63) is 48.3 Å². The number of likely N-dealkylation sites (tertiary alicyclic amines) is 1. The van der Waals surface area contributed by atoms with Gasteiger partial charge in [-0.25, -0.2) is 4.79 Å². The zero-order chi connectivity index (χ0) is 22.0. The number of aryl methyl sites for hydroxylation is 1. The van der Waals surface area contributed by atoms with Gasteiger partial charge in [0, 0.05) is 39.1 Å². The SMILES string of the molecule is Cc1cnn([C@H]2C[C@H]3CN(C(=O)Nc4ccccc4)C[C@H]3C[C@@H]2OCC(=O)N(C)C)c1. The molecule has 1 aliphatic heterocycles. The Morgan fingerprint density at radius 2 is 1.87 bits per heavy atom. The van der Waals surface area contributed by atoms with Crippen molar-refractivity contribution in [2.45, 2.75) is 31.9 Å². The smallest absolute Gasteiger partial charge is 0.321 e. The number of benzene rings is 1. The average molecular weight is 426 g/mol. The lowest BCUT2D eigenvalue weighted by molar-refractivity contribution is -0.138. The molecule has 2 aliphatic rings. The number of likely N-dealkylation sites (N-methyl/N-ethyl adjacent to an activating group) is 1. The van der Waals surface area contributed by atoms with E-state index in [2.05, 4.69) is 10.4 Å². The minimum atomic E-state index is -0.110. The number of carbonyl (C=O) groups excluding carboxylic acids is 2.